The molecule has 0 bridgehead atoms. The number of fused-ring (bicyclic) bond motifs is 1. The molecule has 3 rings (SSSR count). The normalized spacial score (nSPS) is 15.8. The Balaban J connectivity index is 0.00000192. The molecule has 0 saturated heterocycles. The molecule has 0 fully saturated rings. The first-order chi connectivity index (χ1) is 10.8. The molecule has 0 amide bonds. The predicted octanol–water partition coefficient (Wildman–Crippen LogP) is 4.38. The molecule has 2 aromatic rings. The first kappa shape index (κ1) is 17.4. The summed E-state index contributed by atoms with van der Waals surface area (Å²) in [4.78, 5) is 0. The number of rotatable bonds is 5. The van der Waals surface area contributed by atoms with Gasteiger partial charge in [-0.15, -0.1) is 19.0 Å². The van der Waals surface area contributed by atoms with Gasteiger partial charge in [-0.2, -0.15) is 0 Å². The summed E-state index contributed by atoms with van der Waals surface area (Å²) < 4.78 is 11.0. The first-order valence-corrected chi connectivity index (χ1v) is 7.57. The van der Waals surface area contributed by atoms with Gasteiger partial charge in [-0.3, -0.25) is 0 Å². The standard InChI is InChI=1S/C19H21NO2.ClH/c1-3-11-20-18-10-12-22-19-9-6-15(13-17(18)19)14-4-7-16(21-2)8-5-14;/h3-9,13,18,20H,1,10-12H2,2H3;1H. The van der Waals surface area contributed by atoms with Crippen molar-refractivity contribution in [3.05, 3.63) is 60.7 Å². The van der Waals surface area contributed by atoms with Gasteiger partial charge in [-0.05, 0) is 35.4 Å². The van der Waals surface area contributed by atoms with Crippen molar-refractivity contribution >= 4 is 12.4 Å². The second-order valence-electron chi connectivity index (χ2n) is 5.37. The number of nitrogens with one attached hydrogen (secondary N) is 1. The molecule has 1 aliphatic rings. The molecule has 1 atom stereocenters. The molecule has 1 aliphatic heterocycles. The SMILES string of the molecule is C=CCNC1CCOc2ccc(-c3ccc(OC)cc3)cc21.Cl. The highest BCUT2D eigenvalue weighted by Gasteiger charge is 2.21. The van der Waals surface area contributed by atoms with Crippen molar-refractivity contribution in [1.29, 1.82) is 0 Å². The van der Waals surface area contributed by atoms with Crippen LogP contribution in [-0.2, 0) is 0 Å². The van der Waals surface area contributed by atoms with Gasteiger partial charge in [0, 0.05) is 24.6 Å². The molecule has 2 aromatic carbocycles. The third kappa shape index (κ3) is 3.87. The molecule has 23 heavy (non-hydrogen) atoms. The lowest BCUT2D eigenvalue weighted by atomic mass is 9.95. The summed E-state index contributed by atoms with van der Waals surface area (Å²) in [7, 11) is 1.68. The minimum atomic E-state index is 0. The molecule has 0 aliphatic carbocycles. The largest absolute Gasteiger partial charge is 0.497 e. The van der Waals surface area contributed by atoms with Crippen LogP contribution in [0.4, 0.5) is 0 Å². The van der Waals surface area contributed by atoms with Crippen molar-refractivity contribution in [3.63, 3.8) is 0 Å². The second-order valence-corrected chi connectivity index (χ2v) is 5.37. The Hall–Kier alpha value is -1.97. The van der Waals surface area contributed by atoms with Crippen LogP contribution < -0.4 is 14.8 Å². The van der Waals surface area contributed by atoms with Crippen LogP contribution in [0.15, 0.2) is 55.1 Å². The number of ether oxygens (including phenoxy) is 2. The summed E-state index contributed by atoms with van der Waals surface area (Å²) in [6.45, 7) is 5.33. The van der Waals surface area contributed by atoms with Gasteiger partial charge in [0.05, 0.1) is 13.7 Å². The van der Waals surface area contributed by atoms with E-state index in [1.54, 1.807) is 7.11 Å². The summed E-state index contributed by atoms with van der Waals surface area (Å²) in [6.07, 6.45) is 2.87. The number of halogens is 1. The van der Waals surface area contributed by atoms with Gasteiger partial charge in [-0.1, -0.05) is 24.3 Å². The van der Waals surface area contributed by atoms with Gasteiger partial charge in [0.2, 0.25) is 0 Å². The van der Waals surface area contributed by atoms with Crippen LogP contribution in [0, 0.1) is 0 Å². The van der Waals surface area contributed by atoms with Gasteiger partial charge < -0.3 is 14.8 Å². The zero-order valence-electron chi connectivity index (χ0n) is 13.2. The molecular formula is C19H22ClNO2. The van der Waals surface area contributed by atoms with Crippen LogP contribution in [0.25, 0.3) is 11.1 Å². The highest BCUT2D eigenvalue weighted by atomic mass is 35.5. The van der Waals surface area contributed by atoms with Gasteiger partial charge in [0.1, 0.15) is 11.5 Å². The Kier molecular flexibility index (Phi) is 6.08. The fraction of sp³-hybridized carbons (Fsp3) is 0.263. The van der Waals surface area contributed by atoms with Gasteiger partial charge in [-0.25, -0.2) is 0 Å². The van der Waals surface area contributed by atoms with Crippen LogP contribution in [0.1, 0.15) is 18.0 Å². The van der Waals surface area contributed by atoms with Crippen molar-refractivity contribution in [2.24, 2.45) is 0 Å². The zero-order chi connectivity index (χ0) is 15.4. The van der Waals surface area contributed by atoms with Crippen molar-refractivity contribution in [2.45, 2.75) is 12.5 Å². The van der Waals surface area contributed by atoms with Crippen molar-refractivity contribution < 1.29 is 9.47 Å². The Bertz CT molecular complexity index is 655. The summed E-state index contributed by atoms with van der Waals surface area (Å²) in [5, 5.41) is 3.51. The zero-order valence-corrected chi connectivity index (χ0v) is 14.1. The van der Waals surface area contributed by atoms with Crippen LogP contribution >= 0.6 is 12.4 Å². The highest BCUT2D eigenvalue weighted by molar-refractivity contribution is 5.85. The number of hydrogen-bond donors (Lipinski definition) is 1. The number of methoxy groups -OCH3 is 1. The van der Waals surface area contributed by atoms with E-state index in [-0.39, 0.29) is 12.4 Å². The summed E-state index contributed by atoms with van der Waals surface area (Å²) in [5.41, 5.74) is 3.59. The smallest absolute Gasteiger partial charge is 0.124 e. The third-order valence-electron chi connectivity index (χ3n) is 3.98. The molecule has 1 N–H and O–H groups in total. The third-order valence-corrected chi connectivity index (χ3v) is 3.98. The quantitative estimate of drug-likeness (QED) is 0.825. The Morgan fingerprint density at radius 3 is 2.65 bits per heavy atom. The molecule has 122 valence electrons. The lowest BCUT2D eigenvalue weighted by Gasteiger charge is -2.27. The number of benzene rings is 2. The van der Waals surface area contributed by atoms with E-state index in [1.165, 1.54) is 16.7 Å². The molecule has 0 spiro atoms. The van der Waals surface area contributed by atoms with Crippen molar-refractivity contribution in [2.75, 3.05) is 20.3 Å². The molecule has 4 heteroatoms. The maximum Gasteiger partial charge on any atom is 0.124 e. The van der Waals surface area contributed by atoms with E-state index < -0.39 is 0 Å². The summed E-state index contributed by atoms with van der Waals surface area (Å²) in [6, 6.07) is 14.8. The van der Waals surface area contributed by atoms with E-state index >= 15 is 0 Å². The van der Waals surface area contributed by atoms with E-state index in [4.69, 9.17) is 9.47 Å². The first-order valence-electron chi connectivity index (χ1n) is 7.57. The van der Waals surface area contributed by atoms with E-state index in [9.17, 15) is 0 Å². The summed E-state index contributed by atoms with van der Waals surface area (Å²) >= 11 is 0. The van der Waals surface area contributed by atoms with Gasteiger partial charge in [0.25, 0.3) is 0 Å². The maximum absolute atomic E-state index is 5.78. The Morgan fingerprint density at radius 1 is 1.22 bits per heavy atom. The van der Waals surface area contributed by atoms with E-state index in [0.717, 1.165) is 31.1 Å². The Morgan fingerprint density at radius 2 is 1.96 bits per heavy atom. The fourth-order valence-corrected chi connectivity index (χ4v) is 2.80. The highest BCUT2D eigenvalue weighted by Crippen LogP contribution is 2.35. The minimum Gasteiger partial charge on any atom is -0.497 e. The minimum absolute atomic E-state index is 0. The maximum atomic E-state index is 5.78. The van der Waals surface area contributed by atoms with Gasteiger partial charge >= 0.3 is 0 Å². The topological polar surface area (TPSA) is 30.5 Å². The summed E-state index contributed by atoms with van der Waals surface area (Å²) in [5.74, 6) is 1.85. The second kappa shape index (κ2) is 8.04. The molecule has 1 heterocycles. The lowest BCUT2D eigenvalue weighted by Crippen LogP contribution is -2.27. The van der Waals surface area contributed by atoms with Crippen molar-refractivity contribution in [1.82, 2.24) is 5.32 Å². The lowest BCUT2D eigenvalue weighted by molar-refractivity contribution is 0.255. The van der Waals surface area contributed by atoms with Crippen LogP contribution in [0.2, 0.25) is 0 Å². The molecule has 0 radical (unpaired) electrons. The predicted molar refractivity (Wildman–Crippen MR) is 96.7 cm³/mol. The average Bonchev–Trinajstić information content (AvgIpc) is 2.59. The molecule has 1 unspecified atom stereocenters. The van der Waals surface area contributed by atoms with Gasteiger partial charge in [0.15, 0.2) is 0 Å². The van der Waals surface area contributed by atoms with Crippen molar-refractivity contribution in [3.8, 4) is 22.6 Å². The fourth-order valence-electron chi connectivity index (χ4n) is 2.80. The molecule has 0 aromatic heterocycles. The number of hydrogen-bond acceptors (Lipinski definition) is 3. The Labute approximate surface area is 143 Å². The van der Waals surface area contributed by atoms with E-state index in [2.05, 4.69) is 42.2 Å². The molecule has 3 nitrogen and oxygen atoms in total. The van der Waals surface area contributed by atoms with Crippen LogP contribution in [0.5, 0.6) is 11.5 Å². The molecule has 0 saturated carbocycles. The van der Waals surface area contributed by atoms with E-state index in [0.29, 0.717) is 6.04 Å². The molecular weight excluding hydrogens is 310 g/mol. The average molecular weight is 332 g/mol. The monoisotopic (exact) mass is 331 g/mol. The van der Waals surface area contributed by atoms with Crippen LogP contribution in [-0.4, -0.2) is 20.3 Å². The van der Waals surface area contributed by atoms with Crippen LogP contribution in [0.3, 0.4) is 0 Å². The van der Waals surface area contributed by atoms with E-state index in [1.807, 2.05) is 18.2 Å².